The summed E-state index contributed by atoms with van der Waals surface area (Å²) in [5.74, 6) is 0.650. The van der Waals surface area contributed by atoms with Gasteiger partial charge in [-0.05, 0) is 31.8 Å². The molecule has 2 rings (SSSR count). The lowest BCUT2D eigenvalue weighted by molar-refractivity contribution is 0.402. The third-order valence-electron chi connectivity index (χ3n) is 2.93. The summed E-state index contributed by atoms with van der Waals surface area (Å²) in [4.78, 5) is 8.85. The average Bonchev–Trinajstić information content (AvgIpc) is 2.90. The van der Waals surface area contributed by atoms with Crippen molar-refractivity contribution < 1.29 is 8.42 Å². The van der Waals surface area contributed by atoms with E-state index in [4.69, 9.17) is 0 Å². The molecule has 0 spiro atoms. The zero-order valence-electron chi connectivity index (χ0n) is 12.4. The highest BCUT2D eigenvalue weighted by Gasteiger charge is 2.16. The SMILES string of the molecule is CCc1ncc(S(=O)(=O)Nc2ccc(CN(C)C)cc2)[nH]1. The van der Waals surface area contributed by atoms with E-state index in [1.165, 1.54) is 6.20 Å². The fraction of sp³-hybridized carbons (Fsp3) is 0.357. The van der Waals surface area contributed by atoms with Crippen LogP contribution in [0.3, 0.4) is 0 Å². The fourth-order valence-corrected chi connectivity index (χ4v) is 2.91. The van der Waals surface area contributed by atoms with E-state index >= 15 is 0 Å². The molecule has 2 N–H and O–H groups in total. The molecule has 0 amide bonds. The van der Waals surface area contributed by atoms with Gasteiger partial charge in [0.15, 0.2) is 5.03 Å². The average molecular weight is 308 g/mol. The number of imidazole rings is 1. The molecule has 0 fully saturated rings. The predicted molar refractivity (Wildman–Crippen MR) is 82.6 cm³/mol. The number of rotatable bonds is 6. The lowest BCUT2D eigenvalue weighted by Gasteiger charge is -2.11. The van der Waals surface area contributed by atoms with E-state index < -0.39 is 10.0 Å². The minimum atomic E-state index is -3.62. The summed E-state index contributed by atoms with van der Waals surface area (Å²) in [6, 6.07) is 7.32. The first kappa shape index (κ1) is 15.5. The zero-order chi connectivity index (χ0) is 15.5. The monoisotopic (exact) mass is 308 g/mol. The van der Waals surface area contributed by atoms with Gasteiger partial charge in [0, 0.05) is 18.7 Å². The Bertz CT molecular complexity index is 690. The maximum Gasteiger partial charge on any atom is 0.278 e. The van der Waals surface area contributed by atoms with E-state index in [9.17, 15) is 8.42 Å². The van der Waals surface area contributed by atoms with Gasteiger partial charge in [-0.1, -0.05) is 19.1 Å². The number of sulfonamides is 1. The minimum Gasteiger partial charge on any atom is -0.332 e. The second kappa shape index (κ2) is 6.28. The lowest BCUT2D eigenvalue weighted by Crippen LogP contribution is -2.14. The second-order valence-corrected chi connectivity index (χ2v) is 6.74. The number of aromatic amines is 1. The van der Waals surface area contributed by atoms with Crippen molar-refractivity contribution in [2.24, 2.45) is 0 Å². The smallest absolute Gasteiger partial charge is 0.278 e. The van der Waals surface area contributed by atoms with Gasteiger partial charge < -0.3 is 9.88 Å². The number of aryl methyl sites for hydroxylation is 1. The molecule has 0 atom stereocenters. The Balaban J connectivity index is 2.13. The highest BCUT2D eigenvalue weighted by atomic mass is 32.2. The molecule has 1 aromatic heterocycles. The van der Waals surface area contributed by atoms with Crippen LogP contribution in [0.1, 0.15) is 18.3 Å². The van der Waals surface area contributed by atoms with Crippen molar-refractivity contribution in [3.05, 3.63) is 41.9 Å². The Morgan fingerprint density at radius 3 is 2.43 bits per heavy atom. The van der Waals surface area contributed by atoms with Crippen LogP contribution < -0.4 is 4.72 Å². The number of aromatic nitrogens is 2. The van der Waals surface area contributed by atoms with Gasteiger partial charge in [-0.25, -0.2) is 4.98 Å². The Morgan fingerprint density at radius 2 is 1.90 bits per heavy atom. The van der Waals surface area contributed by atoms with Crippen LogP contribution in [-0.4, -0.2) is 37.4 Å². The van der Waals surface area contributed by atoms with Crippen LogP contribution >= 0.6 is 0 Å². The molecule has 1 aromatic carbocycles. The third-order valence-corrected chi connectivity index (χ3v) is 4.23. The summed E-state index contributed by atoms with van der Waals surface area (Å²) in [5.41, 5.74) is 1.66. The molecule has 0 aliphatic heterocycles. The molecule has 7 heteroatoms. The van der Waals surface area contributed by atoms with Crippen LogP contribution in [0.15, 0.2) is 35.5 Å². The molecule has 6 nitrogen and oxygen atoms in total. The molecule has 21 heavy (non-hydrogen) atoms. The van der Waals surface area contributed by atoms with Gasteiger partial charge in [-0.3, -0.25) is 4.72 Å². The third kappa shape index (κ3) is 4.05. The van der Waals surface area contributed by atoms with Crippen LogP contribution in [0.2, 0.25) is 0 Å². The van der Waals surface area contributed by atoms with Crippen LogP contribution in [0.4, 0.5) is 5.69 Å². The van der Waals surface area contributed by atoms with Crippen molar-refractivity contribution in [3.63, 3.8) is 0 Å². The van der Waals surface area contributed by atoms with Gasteiger partial charge in [0.25, 0.3) is 10.0 Å². The molecule has 2 aromatic rings. The first-order valence-electron chi connectivity index (χ1n) is 6.71. The van der Waals surface area contributed by atoms with Gasteiger partial charge in [-0.2, -0.15) is 8.42 Å². The fourth-order valence-electron chi connectivity index (χ4n) is 1.91. The van der Waals surface area contributed by atoms with Crippen molar-refractivity contribution in [1.29, 1.82) is 0 Å². The van der Waals surface area contributed by atoms with Crippen molar-refractivity contribution in [2.45, 2.75) is 24.9 Å². The van der Waals surface area contributed by atoms with E-state index in [2.05, 4.69) is 19.6 Å². The minimum absolute atomic E-state index is 0.0803. The number of hydrogen-bond donors (Lipinski definition) is 2. The van der Waals surface area contributed by atoms with Crippen LogP contribution in [0.25, 0.3) is 0 Å². The molecule has 0 aliphatic rings. The van der Waals surface area contributed by atoms with Crippen molar-refractivity contribution in [2.75, 3.05) is 18.8 Å². The number of benzene rings is 1. The largest absolute Gasteiger partial charge is 0.332 e. The van der Waals surface area contributed by atoms with Crippen molar-refractivity contribution in [1.82, 2.24) is 14.9 Å². The number of anilines is 1. The maximum absolute atomic E-state index is 12.2. The second-order valence-electron chi connectivity index (χ2n) is 5.09. The molecular formula is C14H20N4O2S. The zero-order valence-corrected chi connectivity index (χ0v) is 13.2. The number of nitrogens with zero attached hydrogens (tertiary/aromatic N) is 2. The summed E-state index contributed by atoms with van der Waals surface area (Å²) in [6.07, 6.45) is 2.00. The summed E-state index contributed by atoms with van der Waals surface area (Å²) < 4.78 is 26.9. The van der Waals surface area contributed by atoms with E-state index in [1.807, 2.05) is 33.2 Å². The summed E-state index contributed by atoms with van der Waals surface area (Å²) in [6.45, 7) is 2.72. The van der Waals surface area contributed by atoms with Crippen LogP contribution in [-0.2, 0) is 23.0 Å². The van der Waals surface area contributed by atoms with Crippen molar-refractivity contribution >= 4 is 15.7 Å². The molecule has 0 radical (unpaired) electrons. The van der Waals surface area contributed by atoms with Gasteiger partial charge in [0.05, 0.1) is 6.20 Å². The van der Waals surface area contributed by atoms with E-state index in [-0.39, 0.29) is 5.03 Å². The number of nitrogens with one attached hydrogen (secondary N) is 2. The molecular weight excluding hydrogens is 288 g/mol. The Labute approximate surface area is 125 Å². The van der Waals surface area contributed by atoms with Gasteiger partial charge in [0.1, 0.15) is 5.82 Å². The van der Waals surface area contributed by atoms with Crippen molar-refractivity contribution in [3.8, 4) is 0 Å². The Kier molecular flexibility index (Phi) is 4.64. The standard InChI is InChI=1S/C14H20N4O2S/c1-4-13-15-9-14(16-13)21(19,20)17-12-7-5-11(6-8-12)10-18(2)3/h5-9,17H,4,10H2,1-3H3,(H,15,16). The van der Waals surface area contributed by atoms with Gasteiger partial charge in [0.2, 0.25) is 0 Å². The van der Waals surface area contributed by atoms with E-state index in [1.54, 1.807) is 12.1 Å². The van der Waals surface area contributed by atoms with Crippen LogP contribution in [0, 0.1) is 0 Å². The van der Waals surface area contributed by atoms with Crippen LogP contribution in [0.5, 0.6) is 0 Å². The molecule has 0 saturated carbocycles. The maximum atomic E-state index is 12.2. The highest BCUT2D eigenvalue weighted by Crippen LogP contribution is 2.16. The van der Waals surface area contributed by atoms with Gasteiger partial charge in [-0.15, -0.1) is 0 Å². The molecule has 1 heterocycles. The predicted octanol–water partition coefficient (Wildman–Crippen LogP) is 1.83. The van der Waals surface area contributed by atoms with E-state index in [0.717, 1.165) is 12.1 Å². The first-order chi connectivity index (χ1) is 9.90. The summed E-state index contributed by atoms with van der Waals surface area (Å²) in [7, 11) is 0.356. The molecule has 114 valence electrons. The summed E-state index contributed by atoms with van der Waals surface area (Å²) >= 11 is 0. The normalized spacial score (nSPS) is 11.8. The van der Waals surface area contributed by atoms with Gasteiger partial charge >= 0.3 is 0 Å². The molecule has 0 aliphatic carbocycles. The highest BCUT2D eigenvalue weighted by molar-refractivity contribution is 7.92. The quantitative estimate of drug-likeness (QED) is 0.853. The number of H-pyrrole nitrogens is 1. The topological polar surface area (TPSA) is 78.1 Å². The Morgan fingerprint density at radius 1 is 1.24 bits per heavy atom. The first-order valence-corrected chi connectivity index (χ1v) is 8.19. The lowest BCUT2D eigenvalue weighted by atomic mass is 10.2. The Hall–Kier alpha value is -1.86. The molecule has 0 unspecified atom stereocenters. The number of hydrogen-bond acceptors (Lipinski definition) is 4. The molecule has 0 bridgehead atoms. The summed E-state index contributed by atoms with van der Waals surface area (Å²) in [5, 5.41) is 0.0803. The molecule has 0 saturated heterocycles. The van der Waals surface area contributed by atoms with E-state index in [0.29, 0.717) is 17.9 Å².